The van der Waals surface area contributed by atoms with Gasteiger partial charge >= 0.3 is 0 Å². The van der Waals surface area contributed by atoms with Crippen molar-refractivity contribution in [3.63, 3.8) is 0 Å². The smallest absolute Gasteiger partial charge is 0.152 e. The number of hydrogen-bond donors (Lipinski definition) is 3. The first-order valence-electron chi connectivity index (χ1n) is 3.96. The molecule has 0 heterocycles. The number of aliphatic hydroxyl groups is 1. The molecule has 1 aromatic rings. The Bertz CT molecular complexity index is 330. The molecule has 0 aliphatic rings. The molecule has 78 valence electrons. The molecule has 0 radical (unpaired) electrons. The third kappa shape index (κ3) is 2.12. The molecule has 1 atom stereocenters. The van der Waals surface area contributed by atoms with Gasteiger partial charge in [0.05, 0.1) is 22.2 Å². The molecule has 3 nitrogen and oxygen atoms in total. The summed E-state index contributed by atoms with van der Waals surface area (Å²) in [5.74, 6) is -0.175. The fourth-order valence-corrected chi connectivity index (χ4v) is 1.47. The van der Waals surface area contributed by atoms with Crippen LogP contribution in [0.15, 0.2) is 12.1 Å². The number of aliphatic hydroxyl groups excluding tert-OH is 1. The van der Waals surface area contributed by atoms with Gasteiger partial charge in [-0.1, -0.05) is 23.2 Å². The van der Waals surface area contributed by atoms with E-state index in [9.17, 15) is 5.11 Å². The predicted molar refractivity (Wildman–Crippen MR) is 56.8 cm³/mol. The highest BCUT2D eigenvalue weighted by molar-refractivity contribution is 6.37. The van der Waals surface area contributed by atoms with Crippen LogP contribution in [-0.4, -0.2) is 16.8 Å². The van der Waals surface area contributed by atoms with Crippen LogP contribution in [0, 0.1) is 0 Å². The number of halogens is 2. The highest BCUT2D eigenvalue weighted by Crippen LogP contribution is 2.35. The molecular weight excluding hydrogens is 225 g/mol. The summed E-state index contributed by atoms with van der Waals surface area (Å²) in [7, 11) is 0. The molecule has 0 bridgehead atoms. The van der Waals surface area contributed by atoms with Gasteiger partial charge in [-0.25, -0.2) is 0 Å². The number of aromatic hydroxyl groups is 1. The number of phenols is 1. The zero-order valence-corrected chi connectivity index (χ0v) is 9.10. The molecule has 1 rings (SSSR count). The monoisotopic (exact) mass is 235 g/mol. The van der Waals surface area contributed by atoms with E-state index in [-0.39, 0.29) is 22.4 Å². The van der Waals surface area contributed by atoms with Crippen molar-refractivity contribution in [2.24, 2.45) is 5.73 Å². The minimum absolute atomic E-state index is 0.123. The lowest BCUT2D eigenvalue weighted by Gasteiger charge is -2.23. The molecule has 0 saturated carbocycles. The van der Waals surface area contributed by atoms with Crippen molar-refractivity contribution in [1.29, 1.82) is 0 Å². The van der Waals surface area contributed by atoms with Crippen LogP contribution < -0.4 is 5.73 Å². The first-order valence-corrected chi connectivity index (χ1v) is 4.72. The molecule has 14 heavy (non-hydrogen) atoms. The lowest BCUT2D eigenvalue weighted by Crippen LogP contribution is -2.36. The minimum Gasteiger partial charge on any atom is -0.505 e. The van der Waals surface area contributed by atoms with Crippen LogP contribution in [0.3, 0.4) is 0 Å². The Morgan fingerprint density at radius 2 is 1.79 bits per heavy atom. The summed E-state index contributed by atoms with van der Waals surface area (Å²) in [5.41, 5.74) is 5.44. The maximum atomic E-state index is 9.30. The predicted octanol–water partition coefficient (Wildman–Crippen LogP) is 1.87. The molecular formula is C9H11Cl2NO2. The van der Waals surface area contributed by atoms with Crippen LogP contribution in [0.2, 0.25) is 10.0 Å². The first kappa shape index (κ1) is 11.6. The van der Waals surface area contributed by atoms with Gasteiger partial charge in [0.25, 0.3) is 0 Å². The third-order valence-electron chi connectivity index (χ3n) is 2.00. The zero-order chi connectivity index (χ0) is 10.9. The van der Waals surface area contributed by atoms with Crippen LogP contribution in [0.1, 0.15) is 12.5 Å². The van der Waals surface area contributed by atoms with Gasteiger partial charge in [-0.05, 0) is 24.6 Å². The maximum absolute atomic E-state index is 9.30. The molecule has 0 saturated heterocycles. The van der Waals surface area contributed by atoms with E-state index in [1.54, 1.807) is 6.92 Å². The Balaban J connectivity index is 3.26. The molecule has 0 aliphatic carbocycles. The fourth-order valence-electron chi connectivity index (χ4n) is 0.987. The standard InChI is InChI=1S/C9H11Cl2NO2/c1-9(12,4-13)5-2-6(10)8(14)7(11)3-5/h2-3,13-14H,4,12H2,1H3/t9-/m1/s1. The van der Waals surface area contributed by atoms with E-state index in [1.807, 2.05) is 0 Å². The Labute approximate surface area is 92.1 Å². The van der Waals surface area contributed by atoms with Crippen LogP contribution in [0.4, 0.5) is 0 Å². The largest absolute Gasteiger partial charge is 0.505 e. The highest BCUT2D eigenvalue weighted by Gasteiger charge is 2.22. The van der Waals surface area contributed by atoms with Gasteiger partial charge in [0, 0.05) is 0 Å². The van der Waals surface area contributed by atoms with E-state index in [2.05, 4.69) is 0 Å². The van der Waals surface area contributed by atoms with E-state index >= 15 is 0 Å². The zero-order valence-electron chi connectivity index (χ0n) is 7.59. The van der Waals surface area contributed by atoms with Gasteiger partial charge in [-0.15, -0.1) is 0 Å². The molecule has 0 amide bonds. The molecule has 0 aromatic heterocycles. The highest BCUT2D eigenvalue weighted by atomic mass is 35.5. The fraction of sp³-hybridized carbons (Fsp3) is 0.333. The van der Waals surface area contributed by atoms with E-state index in [1.165, 1.54) is 12.1 Å². The Kier molecular flexibility index (Phi) is 3.27. The second-order valence-corrected chi connectivity index (χ2v) is 4.18. The van der Waals surface area contributed by atoms with Crippen molar-refractivity contribution in [2.45, 2.75) is 12.5 Å². The van der Waals surface area contributed by atoms with Gasteiger partial charge in [-0.2, -0.15) is 0 Å². The van der Waals surface area contributed by atoms with E-state index in [4.69, 9.17) is 34.0 Å². The van der Waals surface area contributed by atoms with Crippen LogP contribution >= 0.6 is 23.2 Å². The Morgan fingerprint density at radius 3 is 2.14 bits per heavy atom. The minimum atomic E-state index is -0.916. The molecule has 4 N–H and O–H groups in total. The third-order valence-corrected chi connectivity index (χ3v) is 2.58. The lowest BCUT2D eigenvalue weighted by molar-refractivity contribution is 0.210. The molecule has 1 aromatic carbocycles. The topological polar surface area (TPSA) is 66.5 Å². The average molecular weight is 236 g/mol. The summed E-state index contributed by atoms with van der Waals surface area (Å²) >= 11 is 11.4. The van der Waals surface area contributed by atoms with Gasteiger partial charge in [0.1, 0.15) is 0 Å². The molecule has 0 fully saturated rings. The summed E-state index contributed by atoms with van der Waals surface area (Å²) in [6.45, 7) is 1.41. The second kappa shape index (κ2) is 3.95. The van der Waals surface area contributed by atoms with Crippen molar-refractivity contribution in [3.8, 4) is 5.75 Å². The summed E-state index contributed by atoms with van der Waals surface area (Å²) in [5, 5.41) is 18.6. The van der Waals surface area contributed by atoms with Crippen molar-refractivity contribution >= 4 is 23.2 Å². The first-order chi connectivity index (χ1) is 6.38. The SMILES string of the molecule is C[C@@](N)(CO)c1cc(Cl)c(O)c(Cl)c1. The quantitative estimate of drug-likeness (QED) is 0.734. The van der Waals surface area contributed by atoms with Crippen molar-refractivity contribution in [1.82, 2.24) is 0 Å². The number of nitrogens with two attached hydrogens (primary N) is 1. The summed E-state index contributed by atoms with van der Waals surface area (Å²) in [4.78, 5) is 0. The van der Waals surface area contributed by atoms with Gasteiger partial charge in [0.15, 0.2) is 5.75 Å². The van der Waals surface area contributed by atoms with E-state index in [0.29, 0.717) is 5.56 Å². The molecule has 0 aliphatic heterocycles. The maximum Gasteiger partial charge on any atom is 0.152 e. The Morgan fingerprint density at radius 1 is 1.36 bits per heavy atom. The van der Waals surface area contributed by atoms with E-state index < -0.39 is 5.54 Å². The lowest BCUT2D eigenvalue weighted by atomic mass is 9.94. The van der Waals surface area contributed by atoms with Crippen LogP contribution in [0.25, 0.3) is 0 Å². The van der Waals surface area contributed by atoms with Crippen molar-refractivity contribution in [2.75, 3.05) is 6.61 Å². The van der Waals surface area contributed by atoms with Crippen molar-refractivity contribution in [3.05, 3.63) is 27.7 Å². The molecule has 0 unspecified atom stereocenters. The second-order valence-electron chi connectivity index (χ2n) is 3.36. The van der Waals surface area contributed by atoms with Crippen LogP contribution in [0.5, 0.6) is 5.75 Å². The molecule has 0 spiro atoms. The number of hydrogen-bond acceptors (Lipinski definition) is 3. The number of phenolic OH excluding ortho intramolecular Hbond substituents is 1. The summed E-state index contributed by atoms with van der Waals surface area (Å²) in [6.07, 6.45) is 0. The Hall–Kier alpha value is -0.480. The normalized spacial score (nSPS) is 15.2. The summed E-state index contributed by atoms with van der Waals surface area (Å²) < 4.78 is 0. The summed E-state index contributed by atoms with van der Waals surface area (Å²) in [6, 6.07) is 2.97. The van der Waals surface area contributed by atoms with Crippen molar-refractivity contribution < 1.29 is 10.2 Å². The van der Waals surface area contributed by atoms with Gasteiger partial charge in [-0.3, -0.25) is 0 Å². The average Bonchev–Trinajstić information content (AvgIpc) is 2.13. The van der Waals surface area contributed by atoms with Gasteiger partial charge in [0.2, 0.25) is 0 Å². The molecule has 5 heteroatoms. The van der Waals surface area contributed by atoms with Gasteiger partial charge < -0.3 is 15.9 Å². The van der Waals surface area contributed by atoms with Crippen LogP contribution in [-0.2, 0) is 5.54 Å². The number of benzene rings is 1. The van der Waals surface area contributed by atoms with E-state index in [0.717, 1.165) is 0 Å². The number of rotatable bonds is 2.